The first-order chi connectivity index (χ1) is 7.68. The number of hydrogen-bond acceptors (Lipinski definition) is 3. The normalized spacial score (nSPS) is 40.1. The Hall–Kier alpha value is 0.270. The molecule has 94 valence electrons. The summed E-state index contributed by atoms with van der Waals surface area (Å²) in [5, 5.41) is 13.7. The molecular formula is C13H25NOS. The molecule has 0 bridgehead atoms. The van der Waals surface area contributed by atoms with Gasteiger partial charge in [-0.25, -0.2) is 0 Å². The van der Waals surface area contributed by atoms with Crippen LogP contribution in [0.25, 0.3) is 0 Å². The number of rotatable bonds is 4. The van der Waals surface area contributed by atoms with Crippen molar-refractivity contribution in [3.05, 3.63) is 0 Å². The molecular weight excluding hydrogens is 218 g/mol. The molecule has 0 aromatic rings. The van der Waals surface area contributed by atoms with Crippen LogP contribution in [0.2, 0.25) is 0 Å². The van der Waals surface area contributed by atoms with Crippen molar-refractivity contribution in [1.29, 1.82) is 0 Å². The Balaban J connectivity index is 1.61. The van der Waals surface area contributed by atoms with E-state index in [2.05, 4.69) is 12.2 Å². The summed E-state index contributed by atoms with van der Waals surface area (Å²) < 4.78 is 0. The molecule has 1 heterocycles. The lowest BCUT2D eigenvalue weighted by molar-refractivity contribution is 0.0659. The zero-order valence-electron chi connectivity index (χ0n) is 10.4. The quantitative estimate of drug-likeness (QED) is 0.794. The third kappa shape index (κ3) is 3.64. The van der Waals surface area contributed by atoms with Crippen LogP contribution >= 0.6 is 11.8 Å². The van der Waals surface area contributed by atoms with Crippen molar-refractivity contribution in [1.82, 2.24) is 5.32 Å². The third-order valence-electron chi connectivity index (χ3n) is 4.10. The summed E-state index contributed by atoms with van der Waals surface area (Å²) in [7, 11) is 0. The molecule has 0 amide bonds. The van der Waals surface area contributed by atoms with Crippen molar-refractivity contribution in [2.45, 2.75) is 44.6 Å². The molecule has 0 aromatic carbocycles. The molecule has 2 rings (SSSR count). The standard InChI is InChI=1S/C13H25NOS/c1-11-2-4-12(5-3-11)8-14-9-13(15)6-7-16-10-13/h11-12,14-15H,2-10H2,1H3. The monoisotopic (exact) mass is 243 g/mol. The fourth-order valence-electron chi connectivity index (χ4n) is 2.78. The molecule has 0 radical (unpaired) electrons. The molecule has 0 aromatic heterocycles. The molecule has 16 heavy (non-hydrogen) atoms. The minimum Gasteiger partial charge on any atom is -0.388 e. The van der Waals surface area contributed by atoms with Gasteiger partial charge >= 0.3 is 0 Å². The van der Waals surface area contributed by atoms with Gasteiger partial charge in [0.25, 0.3) is 0 Å². The first-order valence-corrected chi connectivity index (χ1v) is 7.84. The Morgan fingerprint density at radius 2 is 2.06 bits per heavy atom. The average Bonchev–Trinajstić information content (AvgIpc) is 2.69. The van der Waals surface area contributed by atoms with Crippen LogP contribution in [0.5, 0.6) is 0 Å². The van der Waals surface area contributed by atoms with Gasteiger partial charge < -0.3 is 10.4 Å². The molecule has 3 heteroatoms. The number of aliphatic hydroxyl groups is 1. The fraction of sp³-hybridized carbons (Fsp3) is 1.00. The van der Waals surface area contributed by atoms with Crippen LogP contribution in [0.3, 0.4) is 0 Å². The maximum atomic E-state index is 10.2. The smallest absolute Gasteiger partial charge is 0.0869 e. The molecule has 0 spiro atoms. The molecule has 1 aliphatic heterocycles. The largest absolute Gasteiger partial charge is 0.388 e. The Morgan fingerprint density at radius 1 is 1.31 bits per heavy atom. The molecule has 2 nitrogen and oxygen atoms in total. The zero-order valence-corrected chi connectivity index (χ0v) is 11.2. The topological polar surface area (TPSA) is 32.3 Å². The van der Waals surface area contributed by atoms with Crippen molar-refractivity contribution in [2.75, 3.05) is 24.6 Å². The second kappa shape index (κ2) is 5.74. The lowest BCUT2D eigenvalue weighted by Gasteiger charge is -2.28. The van der Waals surface area contributed by atoms with Crippen molar-refractivity contribution >= 4 is 11.8 Å². The predicted octanol–water partition coefficient (Wildman–Crippen LogP) is 2.27. The van der Waals surface area contributed by atoms with Crippen LogP contribution < -0.4 is 5.32 Å². The molecule has 2 N–H and O–H groups in total. The van der Waals surface area contributed by atoms with Gasteiger partial charge in [-0.2, -0.15) is 11.8 Å². The molecule has 1 saturated carbocycles. The second-order valence-electron chi connectivity index (χ2n) is 5.78. The van der Waals surface area contributed by atoms with E-state index in [1.165, 1.54) is 25.7 Å². The summed E-state index contributed by atoms with van der Waals surface area (Å²) in [6, 6.07) is 0. The predicted molar refractivity (Wildman–Crippen MR) is 70.9 cm³/mol. The Kier molecular flexibility index (Phi) is 4.57. The maximum absolute atomic E-state index is 10.2. The summed E-state index contributed by atoms with van der Waals surface area (Å²) in [4.78, 5) is 0. The minimum absolute atomic E-state index is 0.410. The summed E-state index contributed by atoms with van der Waals surface area (Å²) in [5.41, 5.74) is -0.410. The van der Waals surface area contributed by atoms with Gasteiger partial charge in [-0.05, 0) is 43.4 Å². The van der Waals surface area contributed by atoms with Gasteiger partial charge in [0, 0.05) is 12.3 Å². The van der Waals surface area contributed by atoms with Crippen LogP contribution in [0, 0.1) is 11.8 Å². The molecule has 2 aliphatic rings. The van der Waals surface area contributed by atoms with Crippen molar-refractivity contribution in [3.63, 3.8) is 0 Å². The number of nitrogens with one attached hydrogen (secondary N) is 1. The van der Waals surface area contributed by atoms with Gasteiger partial charge in [-0.1, -0.05) is 19.8 Å². The van der Waals surface area contributed by atoms with Crippen molar-refractivity contribution < 1.29 is 5.11 Å². The first kappa shape index (κ1) is 12.7. The second-order valence-corrected chi connectivity index (χ2v) is 6.89. The number of thioether (sulfide) groups is 1. The SMILES string of the molecule is CC1CCC(CNCC2(O)CCSC2)CC1. The van der Waals surface area contributed by atoms with Crippen LogP contribution in [-0.4, -0.2) is 35.3 Å². The van der Waals surface area contributed by atoms with Gasteiger partial charge in [0.05, 0.1) is 5.60 Å². The lowest BCUT2D eigenvalue weighted by atomic mass is 9.83. The van der Waals surface area contributed by atoms with Crippen molar-refractivity contribution in [3.8, 4) is 0 Å². The van der Waals surface area contributed by atoms with Crippen molar-refractivity contribution in [2.24, 2.45) is 11.8 Å². The lowest BCUT2D eigenvalue weighted by Crippen LogP contribution is -2.42. The summed E-state index contributed by atoms with van der Waals surface area (Å²) in [6.07, 6.45) is 6.51. The van der Waals surface area contributed by atoms with E-state index in [1.54, 1.807) is 0 Å². The fourth-order valence-corrected chi connectivity index (χ4v) is 4.07. The highest BCUT2D eigenvalue weighted by atomic mass is 32.2. The Bertz CT molecular complexity index is 208. The van der Waals surface area contributed by atoms with Crippen LogP contribution in [0.1, 0.15) is 39.0 Å². The molecule has 1 aliphatic carbocycles. The highest BCUT2D eigenvalue weighted by molar-refractivity contribution is 7.99. The van der Waals surface area contributed by atoms with E-state index in [9.17, 15) is 5.11 Å². The van der Waals surface area contributed by atoms with Crippen LogP contribution in [-0.2, 0) is 0 Å². The van der Waals surface area contributed by atoms with Crippen LogP contribution in [0.4, 0.5) is 0 Å². The molecule has 1 unspecified atom stereocenters. The highest BCUT2D eigenvalue weighted by Crippen LogP contribution is 2.29. The molecule has 1 atom stereocenters. The van der Waals surface area contributed by atoms with Gasteiger partial charge in [0.2, 0.25) is 0 Å². The maximum Gasteiger partial charge on any atom is 0.0869 e. The van der Waals surface area contributed by atoms with E-state index in [4.69, 9.17) is 0 Å². The zero-order chi connectivity index (χ0) is 11.4. The summed E-state index contributed by atoms with van der Waals surface area (Å²) in [6.45, 7) is 4.27. The highest BCUT2D eigenvalue weighted by Gasteiger charge is 2.31. The van der Waals surface area contributed by atoms with E-state index in [0.717, 1.165) is 42.9 Å². The van der Waals surface area contributed by atoms with Gasteiger partial charge in [0.1, 0.15) is 0 Å². The summed E-state index contributed by atoms with van der Waals surface area (Å²) >= 11 is 1.88. The van der Waals surface area contributed by atoms with E-state index < -0.39 is 5.60 Å². The van der Waals surface area contributed by atoms with E-state index in [1.807, 2.05) is 11.8 Å². The van der Waals surface area contributed by atoms with E-state index in [0.29, 0.717) is 0 Å². The van der Waals surface area contributed by atoms with E-state index >= 15 is 0 Å². The van der Waals surface area contributed by atoms with Gasteiger partial charge in [-0.3, -0.25) is 0 Å². The van der Waals surface area contributed by atoms with Gasteiger partial charge in [0.15, 0.2) is 0 Å². The van der Waals surface area contributed by atoms with Crippen LogP contribution in [0.15, 0.2) is 0 Å². The Morgan fingerprint density at radius 3 is 2.69 bits per heavy atom. The molecule has 2 fully saturated rings. The minimum atomic E-state index is -0.410. The Labute approximate surface area is 104 Å². The first-order valence-electron chi connectivity index (χ1n) is 6.69. The third-order valence-corrected chi connectivity index (χ3v) is 5.34. The average molecular weight is 243 g/mol. The van der Waals surface area contributed by atoms with Gasteiger partial charge in [-0.15, -0.1) is 0 Å². The van der Waals surface area contributed by atoms with E-state index in [-0.39, 0.29) is 0 Å². The number of hydrogen-bond donors (Lipinski definition) is 2. The molecule has 1 saturated heterocycles. The summed E-state index contributed by atoms with van der Waals surface area (Å²) in [5.74, 6) is 3.83.